The highest BCUT2D eigenvalue weighted by atomic mass is 15.0. The molecular formula is C30H52N2. The summed E-state index contributed by atoms with van der Waals surface area (Å²) in [6.07, 6.45) is 13.9. The fourth-order valence-corrected chi connectivity index (χ4v) is 11.5. The summed E-state index contributed by atoms with van der Waals surface area (Å²) in [7, 11) is 0. The lowest BCUT2D eigenvalue weighted by atomic mass is 9.33. The first-order chi connectivity index (χ1) is 15.0. The van der Waals surface area contributed by atoms with Gasteiger partial charge in [0.05, 0.1) is 0 Å². The molecule has 0 bridgehead atoms. The Kier molecular flexibility index (Phi) is 5.36. The van der Waals surface area contributed by atoms with Gasteiger partial charge >= 0.3 is 0 Å². The molecule has 32 heavy (non-hydrogen) atoms. The molecule has 0 spiro atoms. The molecule has 0 aromatic carbocycles. The fourth-order valence-electron chi connectivity index (χ4n) is 11.5. The molecule has 0 aromatic rings. The van der Waals surface area contributed by atoms with Gasteiger partial charge < -0.3 is 11.1 Å². The van der Waals surface area contributed by atoms with Crippen LogP contribution in [0.4, 0.5) is 0 Å². The summed E-state index contributed by atoms with van der Waals surface area (Å²) in [5.41, 5.74) is 10.1. The molecule has 5 fully saturated rings. The second-order valence-corrected chi connectivity index (χ2v) is 14.5. The van der Waals surface area contributed by atoms with Crippen molar-refractivity contribution >= 4 is 0 Å². The Labute approximate surface area is 198 Å². The quantitative estimate of drug-likeness (QED) is 0.456. The first-order valence-electron chi connectivity index (χ1n) is 14.1. The van der Waals surface area contributed by atoms with Crippen LogP contribution in [-0.4, -0.2) is 18.6 Å². The van der Waals surface area contributed by atoms with Gasteiger partial charge in [-0.1, -0.05) is 32.9 Å². The van der Waals surface area contributed by atoms with E-state index in [0.29, 0.717) is 27.6 Å². The summed E-state index contributed by atoms with van der Waals surface area (Å²) in [5, 5.41) is 3.96. The van der Waals surface area contributed by atoms with E-state index in [4.69, 9.17) is 5.73 Å². The maximum absolute atomic E-state index is 6.59. The molecule has 9 atom stereocenters. The average molecular weight is 441 g/mol. The van der Waals surface area contributed by atoms with E-state index in [9.17, 15) is 0 Å². The second kappa shape index (κ2) is 7.33. The van der Waals surface area contributed by atoms with E-state index in [1.54, 1.807) is 0 Å². The zero-order valence-corrected chi connectivity index (χ0v) is 22.2. The van der Waals surface area contributed by atoms with Crippen LogP contribution in [0.1, 0.15) is 106 Å². The molecule has 182 valence electrons. The van der Waals surface area contributed by atoms with Crippen molar-refractivity contribution in [3.05, 3.63) is 12.2 Å². The molecule has 1 aliphatic heterocycles. The Balaban J connectivity index is 1.56. The number of nitrogens with two attached hydrogens (primary N) is 1. The molecule has 0 unspecified atom stereocenters. The van der Waals surface area contributed by atoms with Gasteiger partial charge in [0.1, 0.15) is 0 Å². The predicted octanol–water partition coefficient (Wildman–Crippen LogP) is 6.94. The van der Waals surface area contributed by atoms with E-state index in [2.05, 4.69) is 53.4 Å². The van der Waals surface area contributed by atoms with Crippen LogP contribution in [0.25, 0.3) is 0 Å². The number of allylic oxidation sites excluding steroid dienone is 1. The predicted molar refractivity (Wildman–Crippen MR) is 136 cm³/mol. The van der Waals surface area contributed by atoms with E-state index < -0.39 is 0 Å². The topological polar surface area (TPSA) is 38.0 Å². The van der Waals surface area contributed by atoms with Crippen LogP contribution < -0.4 is 11.1 Å². The average Bonchev–Trinajstić information content (AvgIpc) is 3.07. The monoisotopic (exact) mass is 440 g/mol. The minimum Gasteiger partial charge on any atom is -0.330 e. The highest BCUT2D eigenvalue weighted by Crippen LogP contribution is 2.76. The lowest BCUT2D eigenvalue weighted by Crippen LogP contribution is -2.66. The highest BCUT2D eigenvalue weighted by Gasteiger charge is 2.69. The molecule has 5 aliphatic rings. The number of fused-ring (bicyclic) bond motifs is 7. The molecule has 2 heteroatoms. The Morgan fingerprint density at radius 3 is 2.31 bits per heavy atom. The Morgan fingerprint density at radius 1 is 0.875 bits per heavy atom. The van der Waals surface area contributed by atoms with E-state index in [-0.39, 0.29) is 5.54 Å². The van der Waals surface area contributed by atoms with E-state index >= 15 is 0 Å². The third-order valence-electron chi connectivity index (χ3n) is 13.3. The molecule has 3 N–H and O–H groups in total. The van der Waals surface area contributed by atoms with Crippen molar-refractivity contribution in [2.75, 3.05) is 13.1 Å². The maximum Gasteiger partial charge on any atom is 0.0158 e. The summed E-state index contributed by atoms with van der Waals surface area (Å²) in [6, 6.07) is 0. The summed E-state index contributed by atoms with van der Waals surface area (Å²) >= 11 is 0. The van der Waals surface area contributed by atoms with Crippen LogP contribution in [0.3, 0.4) is 0 Å². The van der Waals surface area contributed by atoms with Crippen LogP contribution in [-0.2, 0) is 0 Å². The SMILES string of the molecule is C=C(C)[C@@H]1CC[C@]2(CN)CC[C@]3(C)[C@H](CC[C@@H]4[C@@]5(C)CCCNC(C)(C)[C@@H]5CC[C@]43C)[C@@H]12. The number of rotatable bonds is 2. The van der Waals surface area contributed by atoms with Gasteiger partial charge in [-0.2, -0.15) is 0 Å². The van der Waals surface area contributed by atoms with Crippen LogP contribution in [0.5, 0.6) is 0 Å². The van der Waals surface area contributed by atoms with Crippen LogP contribution in [0.15, 0.2) is 12.2 Å². The number of nitrogens with one attached hydrogen (secondary N) is 1. The molecule has 4 aliphatic carbocycles. The fraction of sp³-hybridized carbons (Fsp3) is 0.933. The van der Waals surface area contributed by atoms with Gasteiger partial charge in [-0.3, -0.25) is 0 Å². The molecule has 1 saturated heterocycles. The Bertz CT molecular complexity index is 771. The number of hydrogen-bond acceptors (Lipinski definition) is 2. The van der Waals surface area contributed by atoms with Crippen molar-refractivity contribution in [2.24, 2.45) is 57.0 Å². The molecule has 4 saturated carbocycles. The van der Waals surface area contributed by atoms with Gasteiger partial charge in [0.25, 0.3) is 0 Å². The lowest BCUT2D eigenvalue weighted by molar-refractivity contribution is -0.222. The molecule has 0 amide bonds. The minimum atomic E-state index is 0.266. The molecule has 5 rings (SSSR count). The standard InChI is InChI=1S/C30H52N2/c1-20(2)21-11-15-30(19-31)17-16-28(6)22(25(21)30)9-10-24-27(5)13-8-18-32-26(3,4)23(27)12-14-29(24,28)7/h21-25,32H,1,8-19,31H2,2-7H3/t21-,22+,23-,24+,25+,27-,28+,29+,30+/m0/s1. The normalized spacial score (nSPS) is 54.5. The molecule has 2 nitrogen and oxygen atoms in total. The van der Waals surface area contributed by atoms with Gasteiger partial charge in [-0.15, -0.1) is 0 Å². The first kappa shape index (κ1) is 23.4. The second-order valence-electron chi connectivity index (χ2n) is 14.5. The summed E-state index contributed by atoms with van der Waals surface area (Å²) in [4.78, 5) is 0. The zero-order chi connectivity index (χ0) is 23.2. The minimum absolute atomic E-state index is 0.266. The van der Waals surface area contributed by atoms with Crippen molar-refractivity contribution in [2.45, 2.75) is 111 Å². The van der Waals surface area contributed by atoms with E-state index in [1.807, 2.05) is 0 Å². The van der Waals surface area contributed by atoms with Crippen molar-refractivity contribution in [1.82, 2.24) is 5.32 Å². The third-order valence-corrected chi connectivity index (χ3v) is 13.3. The Morgan fingerprint density at radius 2 is 1.62 bits per heavy atom. The summed E-state index contributed by atoms with van der Waals surface area (Å²) in [6.45, 7) is 22.1. The van der Waals surface area contributed by atoms with Gasteiger partial charge in [-0.25, -0.2) is 0 Å². The lowest BCUT2D eigenvalue weighted by Gasteiger charge is -2.71. The van der Waals surface area contributed by atoms with Crippen molar-refractivity contribution < 1.29 is 0 Å². The number of hydrogen-bond donors (Lipinski definition) is 2. The largest absolute Gasteiger partial charge is 0.330 e. The van der Waals surface area contributed by atoms with Crippen LogP contribution >= 0.6 is 0 Å². The van der Waals surface area contributed by atoms with Gasteiger partial charge in [-0.05, 0) is 149 Å². The first-order valence-corrected chi connectivity index (χ1v) is 14.1. The summed E-state index contributed by atoms with van der Waals surface area (Å²) < 4.78 is 0. The molecule has 1 heterocycles. The van der Waals surface area contributed by atoms with E-state index in [0.717, 1.165) is 30.2 Å². The third kappa shape index (κ3) is 2.84. The van der Waals surface area contributed by atoms with Crippen molar-refractivity contribution in [3.8, 4) is 0 Å². The smallest absolute Gasteiger partial charge is 0.0158 e. The maximum atomic E-state index is 6.59. The van der Waals surface area contributed by atoms with Crippen molar-refractivity contribution in [1.29, 1.82) is 0 Å². The van der Waals surface area contributed by atoms with E-state index in [1.165, 1.54) is 76.3 Å². The zero-order valence-electron chi connectivity index (χ0n) is 22.2. The van der Waals surface area contributed by atoms with Crippen LogP contribution in [0.2, 0.25) is 0 Å². The molecular weight excluding hydrogens is 388 g/mol. The van der Waals surface area contributed by atoms with Crippen LogP contribution in [0, 0.1) is 51.2 Å². The molecule has 0 aromatic heterocycles. The molecule has 0 radical (unpaired) electrons. The van der Waals surface area contributed by atoms with Crippen molar-refractivity contribution in [3.63, 3.8) is 0 Å². The van der Waals surface area contributed by atoms with Gasteiger partial charge in [0.15, 0.2) is 0 Å². The van der Waals surface area contributed by atoms with Gasteiger partial charge in [0.2, 0.25) is 0 Å². The summed E-state index contributed by atoms with van der Waals surface area (Å²) in [5.74, 6) is 3.99. The Hall–Kier alpha value is -0.340. The highest BCUT2D eigenvalue weighted by molar-refractivity contribution is 5.21. The van der Waals surface area contributed by atoms with Gasteiger partial charge in [0, 0.05) is 5.54 Å².